The molecular formula is C24H29F3N6O4. The molecule has 3 atom stereocenters. The lowest BCUT2D eigenvalue weighted by Crippen LogP contribution is -2.49. The summed E-state index contributed by atoms with van der Waals surface area (Å²) in [5.41, 5.74) is -0.281. The predicted octanol–water partition coefficient (Wildman–Crippen LogP) is 3.82. The molecule has 0 radical (unpaired) electrons. The van der Waals surface area contributed by atoms with Crippen LogP contribution in [0.3, 0.4) is 0 Å². The summed E-state index contributed by atoms with van der Waals surface area (Å²) in [5.74, 6) is -0.443. The van der Waals surface area contributed by atoms with Crippen LogP contribution < -0.4 is 10.6 Å². The molecule has 0 aliphatic heterocycles. The van der Waals surface area contributed by atoms with Gasteiger partial charge in [0.25, 0.3) is 5.91 Å². The van der Waals surface area contributed by atoms with E-state index in [-0.39, 0.29) is 6.54 Å². The van der Waals surface area contributed by atoms with Gasteiger partial charge in [-0.3, -0.25) is 9.89 Å². The first-order valence-corrected chi connectivity index (χ1v) is 11.4. The Bertz CT molecular complexity index is 1190. The highest BCUT2D eigenvalue weighted by atomic mass is 19.4. The second kappa shape index (κ2) is 11.0. The number of ether oxygens (including phenoxy) is 1. The molecule has 0 fully saturated rings. The first kappa shape index (κ1) is 27.7. The number of amides is 2. The molecular weight excluding hydrogens is 493 g/mol. The number of carbonyl (C=O) groups excluding carboxylic acids is 2. The van der Waals surface area contributed by atoms with Crippen LogP contribution in [0.5, 0.6) is 0 Å². The molecule has 0 unspecified atom stereocenters. The van der Waals surface area contributed by atoms with Gasteiger partial charge in [0, 0.05) is 23.2 Å². The van der Waals surface area contributed by atoms with Crippen molar-refractivity contribution in [2.45, 2.75) is 58.7 Å². The van der Waals surface area contributed by atoms with Crippen molar-refractivity contribution in [1.29, 1.82) is 0 Å². The van der Waals surface area contributed by atoms with Gasteiger partial charge in [-0.15, -0.1) is 0 Å². The number of H-pyrrole nitrogens is 1. The summed E-state index contributed by atoms with van der Waals surface area (Å²) in [6.07, 6.45) is -2.88. The molecule has 2 heterocycles. The van der Waals surface area contributed by atoms with E-state index >= 15 is 0 Å². The number of hydrogen-bond donors (Lipinski definition) is 4. The van der Waals surface area contributed by atoms with Gasteiger partial charge in [0.15, 0.2) is 6.10 Å². The van der Waals surface area contributed by atoms with Crippen molar-refractivity contribution in [3.05, 3.63) is 54.6 Å². The highest BCUT2D eigenvalue weighted by molar-refractivity contribution is 5.93. The number of alkyl halides is 3. The number of aromatic amines is 1. The Morgan fingerprint density at radius 3 is 2.41 bits per heavy atom. The molecule has 0 aliphatic carbocycles. The molecule has 3 aromatic rings. The minimum Gasteiger partial charge on any atom is -0.444 e. The van der Waals surface area contributed by atoms with E-state index in [1.807, 2.05) is 20.8 Å². The zero-order chi connectivity index (χ0) is 27.4. The zero-order valence-corrected chi connectivity index (χ0v) is 20.7. The number of alkyl carbamates (subject to hydrolysis) is 1. The van der Waals surface area contributed by atoms with Crippen LogP contribution in [-0.2, 0) is 22.3 Å². The number of benzene rings is 1. The van der Waals surface area contributed by atoms with E-state index in [9.17, 15) is 27.9 Å². The number of halogens is 3. The van der Waals surface area contributed by atoms with Crippen molar-refractivity contribution >= 4 is 17.8 Å². The molecule has 0 bridgehead atoms. The van der Waals surface area contributed by atoms with Gasteiger partial charge in [0.2, 0.25) is 0 Å². The van der Waals surface area contributed by atoms with Gasteiger partial charge in [0.1, 0.15) is 11.9 Å². The summed E-state index contributed by atoms with van der Waals surface area (Å²) < 4.78 is 45.7. The lowest BCUT2D eigenvalue weighted by atomic mass is 9.89. The van der Waals surface area contributed by atoms with E-state index in [0.29, 0.717) is 17.1 Å². The minimum absolute atomic E-state index is 0.210. The fourth-order valence-electron chi connectivity index (χ4n) is 3.31. The number of anilines is 1. The van der Waals surface area contributed by atoms with Gasteiger partial charge >= 0.3 is 12.3 Å². The lowest BCUT2D eigenvalue weighted by Gasteiger charge is -2.31. The summed E-state index contributed by atoms with van der Waals surface area (Å²) in [5, 5.41) is 21.4. The highest BCUT2D eigenvalue weighted by Crippen LogP contribution is 2.31. The van der Waals surface area contributed by atoms with Crippen molar-refractivity contribution in [2.75, 3.05) is 5.32 Å². The van der Waals surface area contributed by atoms with E-state index in [1.165, 1.54) is 37.6 Å². The molecule has 10 nitrogen and oxygen atoms in total. The van der Waals surface area contributed by atoms with Crippen molar-refractivity contribution in [2.24, 2.45) is 5.41 Å². The van der Waals surface area contributed by atoms with Crippen LogP contribution in [-0.4, -0.2) is 55.1 Å². The number of carbonyl (C=O) groups is 2. The second-order valence-corrected chi connectivity index (χ2v) is 9.63. The first-order valence-electron chi connectivity index (χ1n) is 11.4. The summed E-state index contributed by atoms with van der Waals surface area (Å²) in [6, 6.07) is 5.21. The molecule has 1 aromatic carbocycles. The number of aliphatic hydroxyl groups excluding tert-OH is 1. The topological polar surface area (TPSA) is 134 Å². The van der Waals surface area contributed by atoms with Crippen LogP contribution in [0.1, 0.15) is 33.3 Å². The van der Waals surface area contributed by atoms with Crippen LogP contribution in [0.2, 0.25) is 0 Å². The maximum Gasteiger partial charge on any atom is 0.416 e. The standard InChI is InChI=1S/C24H29F3N6O4/c1-14(20(34)21(35)31-19-9-10-29-32-19)30-22(36)37-18(23(2,3)4)12-33-11-17(28-13-33)15-5-7-16(8-6-15)24(25,26)27/h5-11,13-14,18,20,34H,12H2,1-4H3,(H,30,36)(H2,29,31,32,35)/t14-,18+,20-/m0/s1. The second-order valence-electron chi connectivity index (χ2n) is 9.63. The van der Waals surface area contributed by atoms with E-state index in [1.54, 1.807) is 10.8 Å². The number of rotatable bonds is 8. The Kier molecular flexibility index (Phi) is 8.26. The highest BCUT2D eigenvalue weighted by Gasteiger charge is 2.32. The zero-order valence-electron chi connectivity index (χ0n) is 20.7. The average Bonchev–Trinajstić information content (AvgIpc) is 3.49. The molecule has 37 heavy (non-hydrogen) atoms. The fourth-order valence-corrected chi connectivity index (χ4v) is 3.31. The van der Waals surface area contributed by atoms with E-state index < -0.39 is 47.4 Å². The lowest BCUT2D eigenvalue weighted by molar-refractivity contribution is -0.137. The maximum absolute atomic E-state index is 12.8. The predicted molar refractivity (Wildman–Crippen MR) is 128 cm³/mol. The largest absolute Gasteiger partial charge is 0.444 e. The monoisotopic (exact) mass is 522 g/mol. The molecule has 0 spiro atoms. The number of imidazole rings is 1. The number of nitrogens with zero attached hydrogens (tertiary/aromatic N) is 3. The van der Waals surface area contributed by atoms with Gasteiger partial charge in [-0.1, -0.05) is 32.9 Å². The summed E-state index contributed by atoms with van der Waals surface area (Å²) >= 11 is 0. The quantitative estimate of drug-likeness (QED) is 0.355. The third-order valence-corrected chi connectivity index (χ3v) is 5.58. The fraction of sp³-hybridized carbons (Fsp3) is 0.417. The van der Waals surface area contributed by atoms with Crippen LogP contribution in [0.4, 0.5) is 23.8 Å². The summed E-state index contributed by atoms with van der Waals surface area (Å²) in [4.78, 5) is 29.0. The van der Waals surface area contributed by atoms with E-state index in [2.05, 4.69) is 25.8 Å². The Hall–Kier alpha value is -3.87. The normalized spacial score (nSPS) is 14.5. The van der Waals surface area contributed by atoms with Gasteiger partial charge in [-0.2, -0.15) is 18.3 Å². The maximum atomic E-state index is 12.8. The number of hydrogen-bond acceptors (Lipinski definition) is 6. The Morgan fingerprint density at radius 1 is 1.16 bits per heavy atom. The van der Waals surface area contributed by atoms with E-state index in [4.69, 9.17) is 4.74 Å². The molecule has 13 heteroatoms. The molecule has 0 aliphatic rings. The van der Waals surface area contributed by atoms with Crippen LogP contribution in [0.25, 0.3) is 11.3 Å². The van der Waals surface area contributed by atoms with Gasteiger partial charge in [-0.25, -0.2) is 9.78 Å². The smallest absolute Gasteiger partial charge is 0.416 e. The number of aliphatic hydroxyl groups is 1. The van der Waals surface area contributed by atoms with Crippen molar-refractivity contribution in [3.63, 3.8) is 0 Å². The number of aromatic nitrogens is 4. The third kappa shape index (κ3) is 7.56. The minimum atomic E-state index is -4.42. The molecule has 200 valence electrons. The van der Waals surface area contributed by atoms with Crippen molar-refractivity contribution in [1.82, 2.24) is 25.1 Å². The molecule has 0 saturated heterocycles. The van der Waals surface area contributed by atoms with Crippen molar-refractivity contribution in [3.8, 4) is 11.3 Å². The molecule has 2 aromatic heterocycles. The first-order chi connectivity index (χ1) is 17.2. The molecule has 4 N–H and O–H groups in total. The van der Waals surface area contributed by atoms with Crippen LogP contribution >= 0.6 is 0 Å². The Labute approximate surface area is 211 Å². The summed E-state index contributed by atoms with van der Waals surface area (Å²) in [7, 11) is 0. The third-order valence-electron chi connectivity index (χ3n) is 5.58. The van der Waals surface area contributed by atoms with Gasteiger partial charge in [0.05, 0.1) is 36.4 Å². The van der Waals surface area contributed by atoms with Gasteiger partial charge < -0.3 is 25.0 Å². The van der Waals surface area contributed by atoms with Crippen LogP contribution in [0, 0.1) is 5.41 Å². The molecule has 3 rings (SSSR count). The summed E-state index contributed by atoms with van der Waals surface area (Å²) in [6.45, 7) is 7.27. The van der Waals surface area contributed by atoms with Gasteiger partial charge in [-0.05, 0) is 19.1 Å². The van der Waals surface area contributed by atoms with Crippen LogP contribution in [0.15, 0.2) is 49.1 Å². The van der Waals surface area contributed by atoms with Crippen molar-refractivity contribution < 1.29 is 32.6 Å². The average molecular weight is 523 g/mol. The SMILES string of the molecule is C[C@H](NC(=O)O[C@H](Cn1cnc(-c2ccc(C(F)(F)F)cc2)c1)C(C)(C)C)[C@H](O)C(=O)Nc1ccn[nH]1. The van der Waals surface area contributed by atoms with E-state index in [0.717, 1.165) is 12.1 Å². The molecule has 0 saturated carbocycles. The number of nitrogens with one attached hydrogen (secondary N) is 3. The Balaban J connectivity index is 1.61. The molecule has 2 amide bonds. The Morgan fingerprint density at radius 2 is 1.84 bits per heavy atom.